The lowest BCUT2D eigenvalue weighted by molar-refractivity contribution is -0.114. The molecule has 0 spiro atoms. The molecule has 1 aliphatic carbocycles. The first kappa shape index (κ1) is 25.7. The van der Waals surface area contributed by atoms with Crippen molar-refractivity contribution in [2.75, 3.05) is 18.4 Å². The largest absolute Gasteiger partial charge is 0.372 e. The summed E-state index contributed by atoms with van der Waals surface area (Å²) in [6.45, 7) is 6.48. The van der Waals surface area contributed by atoms with Crippen molar-refractivity contribution in [2.45, 2.75) is 45.8 Å². The summed E-state index contributed by atoms with van der Waals surface area (Å²) in [5, 5.41) is 8.80. The van der Waals surface area contributed by atoms with E-state index in [1.54, 1.807) is 24.5 Å². The second-order valence-electron chi connectivity index (χ2n) is 9.94. The van der Waals surface area contributed by atoms with Crippen molar-refractivity contribution in [3.05, 3.63) is 64.6 Å². The number of fused-ring (bicyclic) bond motifs is 3. The van der Waals surface area contributed by atoms with Crippen LogP contribution in [0.3, 0.4) is 0 Å². The van der Waals surface area contributed by atoms with Crippen molar-refractivity contribution in [3.8, 4) is 27.5 Å². The van der Waals surface area contributed by atoms with E-state index < -0.39 is 0 Å². The lowest BCUT2D eigenvalue weighted by Gasteiger charge is -2.35. The highest BCUT2D eigenvalue weighted by Gasteiger charge is 2.31. The number of rotatable bonds is 4. The van der Waals surface area contributed by atoms with Gasteiger partial charge in [-0.3, -0.25) is 14.6 Å². The highest BCUT2D eigenvalue weighted by molar-refractivity contribution is 7.19. The predicted octanol–water partition coefficient (Wildman–Crippen LogP) is 5.02. The lowest BCUT2D eigenvalue weighted by atomic mass is 9.95. The van der Waals surface area contributed by atoms with Crippen molar-refractivity contribution < 1.29 is 14.3 Å². The molecule has 0 radical (unpaired) electrons. The van der Waals surface area contributed by atoms with Gasteiger partial charge in [-0.25, -0.2) is 9.67 Å². The average Bonchev–Trinajstić information content (AvgIpc) is 3.48. The number of morpholine rings is 1. The number of pyridine rings is 1. The fourth-order valence-electron chi connectivity index (χ4n) is 5.32. The second kappa shape index (κ2) is 10.2. The van der Waals surface area contributed by atoms with E-state index >= 15 is 0 Å². The molecule has 0 bridgehead atoms. The van der Waals surface area contributed by atoms with Crippen LogP contribution in [0.1, 0.15) is 42.4 Å². The molecular weight excluding hydrogens is 536 g/mol. The second-order valence-corrected chi connectivity index (χ2v) is 11.3. The van der Waals surface area contributed by atoms with Gasteiger partial charge in [0.1, 0.15) is 0 Å². The minimum atomic E-state index is -0.168. The number of ether oxygens (including phenoxy) is 1. The van der Waals surface area contributed by atoms with Crippen LogP contribution in [-0.2, 0) is 22.4 Å². The number of anilines is 1. The Morgan fingerprint density at radius 2 is 1.95 bits per heavy atom. The van der Waals surface area contributed by atoms with E-state index in [2.05, 4.69) is 15.3 Å². The summed E-state index contributed by atoms with van der Waals surface area (Å²) in [4.78, 5) is 36.7. The Kier molecular flexibility index (Phi) is 6.70. The highest BCUT2D eigenvalue weighted by Crippen LogP contribution is 2.44. The monoisotopic (exact) mass is 562 g/mol. The fourth-order valence-corrected chi connectivity index (χ4v) is 6.70. The first-order valence-corrected chi connectivity index (χ1v) is 14.0. The molecule has 2 amide bonds. The van der Waals surface area contributed by atoms with E-state index in [0.717, 1.165) is 45.9 Å². The van der Waals surface area contributed by atoms with Gasteiger partial charge < -0.3 is 15.0 Å². The molecule has 2 unspecified atom stereocenters. The number of thiazole rings is 1. The number of hydrogen-bond acceptors (Lipinski definition) is 7. The predicted molar refractivity (Wildman–Crippen MR) is 151 cm³/mol. The van der Waals surface area contributed by atoms with E-state index in [9.17, 15) is 9.59 Å². The molecule has 3 aromatic heterocycles. The molecule has 6 rings (SSSR count). The van der Waals surface area contributed by atoms with Gasteiger partial charge in [0.25, 0.3) is 5.91 Å². The van der Waals surface area contributed by atoms with Crippen LogP contribution < -0.4 is 5.32 Å². The number of aromatic nitrogens is 4. The van der Waals surface area contributed by atoms with Crippen LogP contribution >= 0.6 is 22.9 Å². The maximum atomic E-state index is 13.3. The van der Waals surface area contributed by atoms with Crippen LogP contribution in [0.4, 0.5) is 5.13 Å². The molecule has 2 aliphatic rings. The third-order valence-electron chi connectivity index (χ3n) is 6.86. The molecule has 0 saturated carbocycles. The first-order chi connectivity index (χ1) is 18.8. The Balaban J connectivity index is 1.44. The summed E-state index contributed by atoms with van der Waals surface area (Å²) in [7, 11) is 0. The van der Waals surface area contributed by atoms with Gasteiger partial charge in [0.05, 0.1) is 44.9 Å². The molecule has 39 heavy (non-hydrogen) atoms. The first-order valence-electron chi connectivity index (χ1n) is 12.8. The SMILES string of the molecule is CC(=O)Nc1nc2c(s1)-c1c(c(-c3cccnc3)nn1-c1ccc(C(=O)N3CC(C)OC(C)C3)cc1Cl)CC2. The molecule has 4 heterocycles. The van der Waals surface area contributed by atoms with Gasteiger partial charge in [0.15, 0.2) is 5.13 Å². The number of amides is 2. The van der Waals surface area contributed by atoms with Gasteiger partial charge >= 0.3 is 0 Å². The van der Waals surface area contributed by atoms with Crippen molar-refractivity contribution >= 4 is 39.9 Å². The van der Waals surface area contributed by atoms with Crippen molar-refractivity contribution in [1.29, 1.82) is 0 Å². The molecule has 9 nitrogen and oxygen atoms in total. The standard InChI is InChI=1S/C28H27ClN6O3S/c1-15-13-34(14-16(2)38-15)27(37)18-6-9-23(21(29)11-18)35-25-20(24(33-35)19-5-4-10-30-12-19)7-8-22-26(25)39-28(32-22)31-17(3)36/h4-6,9-12,15-16H,7-8,13-14H2,1-3H3,(H,31,32,36). The van der Waals surface area contributed by atoms with Crippen LogP contribution in [0.25, 0.3) is 27.5 Å². The van der Waals surface area contributed by atoms with E-state index in [4.69, 9.17) is 21.4 Å². The van der Waals surface area contributed by atoms with Crippen LogP contribution in [0.5, 0.6) is 0 Å². The number of aryl methyl sites for hydroxylation is 1. The Labute approximate surface area is 234 Å². The van der Waals surface area contributed by atoms with E-state index in [1.165, 1.54) is 18.3 Å². The minimum absolute atomic E-state index is 0.0232. The summed E-state index contributed by atoms with van der Waals surface area (Å²) < 4.78 is 7.62. The van der Waals surface area contributed by atoms with Crippen molar-refractivity contribution in [1.82, 2.24) is 24.6 Å². The number of nitrogens with one attached hydrogen (secondary N) is 1. The zero-order chi connectivity index (χ0) is 27.3. The Morgan fingerprint density at radius 3 is 2.64 bits per heavy atom. The summed E-state index contributed by atoms with van der Waals surface area (Å²) in [6.07, 6.45) is 4.95. The van der Waals surface area contributed by atoms with Gasteiger partial charge in [-0.05, 0) is 57.0 Å². The summed E-state index contributed by atoms with van der Waals surface area (Å²) in [5.41, 5.74) is 5.78. The van der Waals surface area contributed by atoms with Crippen LogP contribution in [0, 0.1) is 0 Å². The highest BCUT2D eigenvalue weighted by atomic mass is 35.5. The molecule has 1 aliphatic heterocycles. The van der Waals surface area contributed by atoms with Crippen LogP contribution in [0.15, 0.2) is 42.7 Å². The molecular formula is C28H27ClN6O3S. The molecule has 1 saturated heterocycles. The molecule has 1 aromatic carbocycles. The van der Waals surface area contributed by atoms with Gasteiger partial charge in [0, 0.05) is 49.1 Å². The number of nitrogens with zero attached hydrogens (tertiary/aromatic N) is 5. The number of carbonyl (C=O) groups is 2. The number of carbonyl (C=O) groups excluding carboxylic acids is 2. The normalized spacial score (nSPS) is 18.4. The lowest BCUT2D eigenvalue weighted by Crippen LogP contribution is -2.48. The van der Waals surface area contributed by atoms with Gasteiger partial charge in [-0.15, -0.1) is 0 Å². The van der Waals surface area contributed by atoms with Crippen molar-refractivity contribution in [2.24, 2.45) is 0 Å². The smallest absolute Gasteiger partial charge is 0.254 e. The molecule has 1 N–H and O–H groups in total. The fraction of sp³-hybridized carbons (Fsp3) is 0.321. The summed E-state index contributed by atoms with van der Waals surface area (Å²) in [5.74, 6) is -0.244. The van der Waals surface area contributed by atoms with Crippen LogP contribution in [0.2, 0.25) is 5.02 Å². The Bertz CT molecular complexity index is 1570. The van der Waals surface area contributed by atoms with E-state index in [1.807, 2.05) is 41.6 Å². The topological polar surface area (TPSA) is 102 Å². The minimum Gasteiger partial charge on any atom is -0.372 e. The van der Waals surface area contributed by atoms with E-state index in [0.29, 0.717) is 34.5 Å². The Hall–Kier alpha value is -3.60. The van der Waals surface area contributed by atoms with Gasteiger partial charge in [-0.1, -0.05) is 22.9 Å². The molecule has 200 valence electrons. The third-order valence-corrected chi connectivity index (χ3v) is 8.18. The summed E-state index contributed by atoms with van der Waals surface area (Å²) in [6, 6.07) is 9.22. The molecule has 4 aromatic rings. The molecule has 1 fully saturated rings. The van der Waals surface area contributed by atoms with E-state index in [-0.39, 0.29) is 24.0 Å². The average molecular weight is 563 g/mol. The van der Waals surface area contributed by atoms with Gasteiger partial charge in [-0.2, -0.15) is 5.10 Å². The number of hydrogen-bond donors (Lipinski definition) is 1. The van der Waals surface area contributed by atoms with Gasteiger partial charge in [0.2, 0.25) is 5.91 Å². The van der Waals surface area contributed by atoms with Crippen LogP contribution in [-0.4, -0.2) is 61.8 Å². The zero-order valence-electron chi connectivity index (χ0n) is 21.8. The third kappa shape index (κ3) is 4.84. The maximum Gasteiger partial charge on any atom is 0.254 e. The molecule has 2 atom stereocenters. The Morgan fingerprint density at radius 1 is 1.15 bits per heavy atom. The van der Waals surface area contributed by atoms with Crippen molar-refractivity contribution in [3.63, 3.8) is 0 Å². The quantitative estimate of drug-likeness (QED) is 0.375. The number of halogens is 1. The summed E-state index contributed by atoms with van der Waals surface area (Å²) >= 11 is 8.29. The number of benzene rings is 1. The maximum absolute atomic E-state index is 13.3. The zero-order valence-corrected chi connectivity index (χ0v) is 23.3. The molecule has 11 heteroatoms.